The molecule has 0 saturated carbocycles. The molecule has 1 aromatic rings. The number of unbranched alkanes of at least 4 members (excludes halogenated alkanes) is 6. The van der Waals surface area contributed by atoms with Crippen LogP contribution in [0, 0.1) is 0 Å². The summed E-state index contributed by atoms with van der Waals surface area (Å²) in [6, 6.07) is 6.98. The molecule has 0 aromatic heterocycles. The van der Waals surface area contributed by atoms with E-state index in [9.17, 15) is 4.79 Å². The summed E-state index contributed by atoms with van der Waals surface area (Å²) in [7, 11) is 1.74. The average molecular weight is 399 g/mol. The van der Waals surface area contributed by atoms with E-state index in [0.29, 0.717) is 11.9 Å². The van der Waals surface area contributed by atoms with Crippen molar-refractivity contribution >= 4 is 5.91 Å². The van der Waals surface area contributed by atoms with Crippen LogP contribution >= 0.6 is 0 Å². The van der Waals surface area contributed by atoms with Crippen LogP contribution in [-0.4, -0.2) is 49.0 Å². The lowest BCUT2D eigenvalue weighted by molar-refractivity contribution is -0.133. The normalized spacial score (nSPS) is 19.2. The first-order valence-electron chi connectivity index (χ1n) is 11.5. The molecule has 4 heteroatoms. The average Bonchev–Trinajstić information content (AvgIpc) is 3.18. The Morgan fingerprint density at radius 3 is 2.55 bits per heavy atom. The predicted molar refractivity (Wildman–Crippen MR) is 119 cm³/mol. The summed E-state index contributed by atoms with van der Waals surface area (Å²) in [6.07, 6.45) is 13.5. The van der Waals surface area contributed by atoms with E-state index in [0.717, 1.165) is 57.6 Å². The first-order chi connectivity index (χ1) is 14.2. The van der Waals surface area contributed by atoms with Gasteiger partial charge in [0.2, 0.25) is 5.91 Å². The maximum Gasteiger partial charge on any atom is 0.222 e. The van der Waals surface area contributed by atoms with Crippen molar-refractivity contribution in [2.75, 3.05) is 33.3 Å². The van der Waals surface area contributed by atoms with Crippen molar-refractivity contribution in [3.05, 3.63) is 42.0 Å². The van der Waals surface area contributed by atoms with Gasteiger partial charge in [0.15, 0.2) is 0 Å². The fourth-order valence-electron chi connectivity index (χ4n) is 4.78. The molecule has 0 N–H and O–H groups in total. The smallest absolute Gasteiger partial charge is 0.222 e. The van der Waals surface area contributed by atoms with E-state index >= 15 is 0 Å². The van der Waals surface area contributed by atoms with Crippen LogP contribution in [0.4, 0.5) is 0 Å². The fraction of sp³-hybridized carbons (Fsp3) is 0.640. The Morgan fingerprint density at radius 1 is 1.10 bits per heavy atom. The Bertz CT molecular complexity index is 665. The molecular formula is C25H38N2O2. The third-order valence-corrected chi connectivity index (χ3v) is 6.56. The van der Waals surface area contributed by atoms with Gasteiger partial charge in [-0.25, -0.2) is 0 Å². The molecule has 1 amide bonds. The Hall–Kier alpha value is -1.81. The number of ether oxygens (including phenoxy) is 1. The summed E-state index contributed by atoms with van der Waals surface area (Å²) in [6.45, 7) is 7.47. The number of aryl methyl sites for hydroxylation is 1. The molecule has 0 radical (unpaired) electrons. The van der Waals surface area contributed by atoms with Crippen molar-refractivity contribution in [2.45, 2.75) is 70.3 Å². The monoisotopic (exact) mass is 398 g/mol. The Labute approximate surface area is 176 Å². The van der Waals surface area contributed by atoms with Crippen LogP contribution in [0.15, 0.2) is 30.9 Å². The molecule has 1 fully saturated rings. The number of carbonyl (C=O) groups is 1. The summed E-state index contributed by atoms with van der Waals surface area (Å²) in [5.74, 6) is 1.30. The van der Waals surface area contributed by atoms with Gasteiger partial charge in [-0.1, -0.05) is 37.8 Å². The number of carbonyl (C=O) groups excluding carboxylic acids is 1. The van der Waals surface area contributed by atoms with Crippen LogP contribution in [0.2, 0.25) is 0 Å². The largest absolute Gasteiger partial charge is 0.497 e. The number of allylic oxidation sites excluding steroid dienone is 1. The van der Waals surface area contributed by atoms with E-state index in [1.54, 1.807) is 7.11 Å². The predicted octanol–water partition coefficient (Wildman–Crippen LogP) is 5.13. The highest BCUT2D eigenvalue weighted by molar-refractivity contribution is 5.76. The maximum atomic E-state index is 12.6. The topological polar surface area (TPSA) is 32.8 Å². The highest BCUT2D eigenvalue weighted by Crippen LogP contribution is 2.38. The SMILES string of the molecule is C=CCCCCCCCCC(=O)N1CCN(C2CCc3ccc(OC)cc32)CC1. The maximum absolute atomic E-state index is 12.6. The van der Waals surface area contributed by atoms with E-state index in [1.165, 1.54) is 49.7 Å². The van der Waals surface area contributed by atoms with E-state index < -0.39 is 0 Å². The lowest BCUT2D eigenvalue weighted by Crippen LogP contribution is -2.49. The van der Waals surface area contributed by atoms with E-state index in [-0.39, 0.29) is 0 Å². The van der Waals surface area contributed by atoms with Crippen LogP contribution in [0.5, 0.6) is 5.75 Å². The Morgan fingerprint density at radius 2 is 1.83 bits per heavy atom. The van der Waals surface area contributed by atoms with Crippen LogP contribution < -0.4 is 4.74 Å². The van der Waals surface area contributed by atoms with Gasteiger partial charge in [0.25, 0.3) is 0 Å². The molecule has 1 aliphatic heterocycles. The van der Waals surface area contributed by atoms with Gasteiger partial charge in [-0.2, -0.15) is 0 Å². The third-order valence-electron chi connectivity index (χ3n) is 6.56. The molecule has 160 valence electrons. The summed E-state index contributed by atoms with van der Waals surface area (Å²) in [5, 5.41) is 0. The van der Waals surface area contributed by atoms with Crippen molar-refractivity contribution in [1.29, 1.82) is 0 Å². The van der Waals surface area contributed by atoms with Gasteiger partial charge in [-0.3, -0.25) is 9.69 Å². The number of hydrogen-bond acceptors (Lipinski definition) is 3. The zero-order valence-electron chi connectivity index (χ0n) is 18.2. The number of nitrogens with zero attached hydrogens (tertiary/aromatic N) is 2. The van der Waals surface area contributed by atoms with Gasteiger partial charge >= 0.3 is 0 Å². The van der Waals surface area contributed by atoms with E-state index in [2.05, 4.69) is 34.6 Å². The molecule has 1 atom stereocenters. The van der Waals surface area contributed by atoms with Gasteiger partial charge in [0, 0.05) is 38.6 Å². The van der Waals surface area contributed by atoms with Crippen LogP contribution in [0.25, 0.3) is 0 Å². The molecular weight excluding hydrogens is 360 g/mol. The molecule has 1 unspecified atom stereocenters. The highest BCUT2D eigenvalue weighted by Gasteiger charge is 2.31. The Balaban J connectivity index is 1.36. The van der Waals surface area contributed by atoms with Gasteiger partial charge in [-0.15, -0.1) is 6.58 Å². The van der Waals surface area contributed by atoms with Gasteiger partial charge < -0.3 is 9.64 Å². The van der Waals surface area contributed by atoms with Gasteiger partial charge in [-0.05, 0) is 55.4 Å². The second-order valence-corrected chi connectivity index (χ2v) is 8.48. The third kappa shape index (κ3) is 6.08. The number of methoxy groups -OCH3 is 1. The van der Waals surface area contributed by atoms with Gasteiger partial charge in [0.1, 0.15) is 5.75 Å². The molecule has 29 heavy (non-hydrogen) atoms. The quantitative estimate of drug-likeness (QED) is 0.382. The molecule has 3 rings (SSSR count). The lowest BCUT2D eigenvalue weighted by Gasteiger charge is -2.38. The zero-order chi connectivity index (χ0) is 20.5. The standard InChI is InChI=1S/C25H38N2O2/c1-3-4-5-6-7-8-9-10-11-25(28)27-18-16-26(17-19-27)24-15-13-21-12-14-22(29-2)20-23(21)24/h3,12,14,20,24H,1,4-11,13,15-19H2,2H3. The van der Waals surface area contributed by atoms with Crippen LogP contribution in [0.3, 0.4) is 0 Å². The number of rotatable bonds is 11. The van der Waals surface area contributed by atoms with Crippen molar-refractivity contribution in [1.82, 2.24) is 9.80 Å². The first-order valence-corrected chi connectivity index (χ1v) is 11.5. The molecule has 1 aromatic carbocycles. The number of amides is 1. The number of fused-ring (bicyclic) bond motifs is 1. The Kier molecular flexibility index (Phi) is 8.60. The molecule has 1 saturated heterocycles. The second kappa shape index (κ2) is 11.4. The highest BCUT2D eigenvalue weighted by atomic mass is 16.5. The van der Waals surface area contributed by atoms with Crippen molar-refractivity contribution in [2.24, 2.45) is 0 Å². The zero-order valence-corrected chi connectivity index (χ0v) is 18.2. The van der Waals surface area contributed by atoms with Crippen molar-refractivity contribution in [3.63, 3.8) is 0 Å². The second-order valence-electron chi connectivity index (χ2n) is 8.48. The molecule has 1 aliphatic carbocycles. The number of piperazine rings is 1. The van der Waals surface area contributed by atoms with Crippen LogP contribution in [-0.2, 0) is 11.2 Å². The molecule has 4 nitrogen and oxygen atoms in total. The number of benzene rings is 1. The minimum atomic E-state index is 0.352. The minimum absolute atomic E-state index is 0.352. The molecule has 0 spiro atoms. The molecule has 1 heterocycles. The van der Waals surface area contributed by atoms with Crippen molar-refractivity contribution in [3.8, 4) is 5.75 Å². The summed E-state index contributed by atoms with van der Waals surface area (Å²) >= 11 is 0. The number of hydrogen-bond donors (Lipinski definition) is 0. The van der Waals surface area contributed by atoms with E-state index in [1.807, 2.05) is 6.08 Å². The summed E-state index contributed by atoms with van der Waals surface area (Å²) in [4.78, 5) is 17.2. The minimum Gasteiger partial charge on any atom is -0.497 e. The molecule has 0 bridgehead atoms. The fourth-order valence-corrected chi connectivity index (χ4v) is 4.78. The first kappa shape index (κ1) is 21.9. The molecule has 2 aliphatic rings. The van der Waals surface area contributed by atoms with Crippen LogP contribution in [0.1, 0.15) is 75.0 Å². The van der Waals surface area contributed by atoms with Gasteiger partial charge in [0.05, 0.1) is 7.11 Å². The summed E-state index contributed by atoms with van der Waals surface area (Å²) in [5.41, 5.74) is 2.89. The summed E-state index contributed by atoms with van der Waals surface area (Å²) < 4.78 is 5.43. The lowest BCUT2D eigenvalue weighted by atomic mass is 10.1. The van der Waals surface area contributed by atoms with Crippen molar-refractivity contribution < 1.29 is 9.53 Å². The van der Waals surface area contributed by atoms with E-state index in [4.69, 9.17) is 4.74 Å².